The van der Waals surface area contributed by atoms with Crippen molar-refractivity contribution in [2.24, 2.45) is 0 Å². The van der Waals surface area contributed by atoms with Gasteiger partial charge in [0, 0.05) is 43.3 Å². The molecular formula is C25H24N6O2. The molecule has 1 N–H and O–H groups in total. The molecule has 1 fully saturated rings. The van der Waals surface area contributed by atoms with Crippen molar-refractivity contribution in [3.63, 3.8) is 0 Å². The fraction of sp³-hybridized carbons (Fsp3) is 0.240. The van der Waals surface area contributed by atoms with E-state index in [-0.39, 0.29) is 6.04 Å². The van der Waals surface area contributed by atoms with E-state index in [1.165, 1.54) is 11.1 Å². The first-order chi connectivity index (χ1) is 16.2. The SMILES string of the molecule is Cc1cccc(C2C=CN(c3nc(N4CCOCC4)c4oc(-c5cccnc5)cc4n3)N2)c1. The number of hydrogen-bond acceptors (Lipinski definition) is 8. The van der Waals surface area contributed by atoms with Crippen LogP contribution in [0.25, 0.3) is 22.4 Å². The Labute approximate surface area is 191 Å². The summed E-state index contributed by atoms with van der Waals surface area (Å²) in [6.07, 6.45) is 7.64. The molecule has 0 radical (unpaired) electrons. The maximum absolute atomic E-state index is 6.26. The molecule has 5 heterocycles. The van der Waals surface area contributed by atoms with Gasteiger partial charge in [-0.1, -0.05) is 29.8 Å². The molecule has 1 aromatic carbocycles. The average molecular weight is 441 g/mol. The minimum Gasteiger partial charge on any atom is -0.450 e. The van der Waals surface area contributed by atoms with Gasteiger partial charge < -0.3 is 14.1 Å². The lowest BCUT2D eigenvalue weighted by atomic mass is 10.1. The maximum Gasteiger partial charge on any atom is 0.247 e. The van der Waals surface area contributed by atoms with Crippen molar-refractivity contribution in [2.75, 3.05) is 36.2 Å². The summed E-state index contributed by atoms with van der Waals surface area (Å²) in [6, 6.07) is 14.4. The monoisotopic (exact) mass is 440 g/mol. The Bertz CT molecular complexity index is 1310. The van der Waals surface area contributed by atoms with Gasteiger partial charge in [-0.25, -0.2) is 10.4 Å². The summed E-state index contributed by atoms with van der Waals surface area (Å²) in [6.45, 7) is 4.93. The standard InChI is InChI=1S/C25H24N6O2/c1-17-4-2-5-18(14-17)20-7-9-31(29-20)25-27-21-15-22(19-6-3-8-26-16-19)33-23(21)24(28-25)30-10-12-32-13-11-30/h2-9,14-16,20,29H,10-13H2,1H3. The summed E-state index contributed by atoms with van der Waals surface area (Å²) in [5.74, 6) is 2.08. The van der Waals surface area contributed by atoms with Crippen LogP contribution in [0, 0.1) is 6.92 Å². The molecule has 0 bridgehead atoms. The Balaban J connectivity index is 1.39. The van der Waals surface area contributed by atoms with E-state index in [1.54, 1.807) is 12.4 Å². The van der Waals surface area contributed by atoms with Gasteiger partial charge >= 0.3 is 0 Å². The molecule has 1 unspecified atom stereocenters. The van der Waals surface area contributed by atoms with Gasteiger partial charge in [-0.2, -0.15) is 4.98 Å². The highest BCUT2D eigenvalue weighted by Gasteiger charge is 2.25. The Morgan fingerprint density at radius 2 is 1.97 bits per heavy atom. The second-order valence-electron chi connectivity index (χ2n) is 8.25. The zero-order chi connectivity index (χ0) is 22.2. The number of furan rings is 1. The molecule has 33 heavy (non-hydrogen) atoms. The molecule has 8 heteroatoms. The van der Waals surface area contributed by atoms with Gasteiger partial charge in [-0.15, -0.1) is 0 Å². The highest BCUT2D eigenvalue weighted by Crippen LogP contribution is 2.34. The average Bonchev–Trinajstić information content (AvgIpc) is 3.52. The molecule has 1 saturated heterocycles. The number of morpholine rings is 1. The van der Waals surface area contributed by atoms with Gasteiger partial charge in [-0.3, -0.25) is 9.99 Å². The van der Waals surface area contributed by atoms with Crippen molar-refractivity contribution >= 4 is 22.9 Å². The fourth-order valence-electron chi connectivity index (χ4n) is 4.23. The van der Waals surface area contributed by atoms with E-state index >= 15 is 0 Å². The van der Waals surface area contributed by atoms with Crippen LogP contribution < -0.4 is 15.3 Å². The number of nitrogens with one attached hydrogen (secondary N) is 1. The number of rotatable bonds is 4. The van der Waals surface area contributed by atoms with Crippen LogP contribution in [0.5, 0.6) is 0 Å². The van der Waals surface area contributed by atoms with Gasteiger partial charge in [0.25, 0.3) is 0 Å². The van der Waals surface area contributed by atoms with Crippen molar-refractivity contribution in [1.82, 2.24) is 20.4 Å². The van der Waals surface area contributed by atoms with Crippen LogP contribution in [0.2, 0.25) is 0 Å². The van der Waals surface area contributed by atoms with E-state index in [1.807, 2.05) is 29.4 Å². The van der Waals surface area contributed by atoms with Crippen LogP contribution in [-0.2, 0) is 4.74 Å². The second-order valence-corrected chi connectivity index (χ2v) is 8.25. The van der Waals surface area contributed by atoms with Crippen LogP contribution in [-0.4, -0.2) is 41.3 Å². The van der Waals surface area contributed by atoms with E-state index in [0.29, 0.717) is 24.7 Å². The van der Waals surface area contributed by atoms with Crippen LogP contribution in [0.15, 0.2) is 71.6 Å². The molecule has 2 aliphatic rings. The molecule has 0 spiro atoms. The van der Waals surface area contributed by atoms with E-state index in [2.05, 4.69) is 52.6 Å². The topological polar surface area (TPSA) is 79.6 Å². The van der Waals surface area contributed by atoms with Crippen molar-refractivity contribution < 1.29 is 9.15 Å². The summed E-state index contributed by atoms with van der Waals surface area (Å²) in [5, 5.41) is 1.88. The maximum atomic E-state index is 6.26. The smallest absolute Gasteiger partial charge is 0.247 e. The van der Waals surface area contributed by atoms with Gasteiger partial charge in [0.05, 0.1) is 19.3 Å². The Morgan fingerprint density at radius 1 is 1.06 bits per heavy atom. The molecule has 6 rings (SSSR count). The molecule has 4 aromatic rings. The predicted molar refractivity (Wildman–Crippen MR) is 127 cm³/mol. The normalized spacial score (nSPS) is 18.4. The number of hydrazine groups is 1. The number of nitrogens with zero attached hydrogens (tertiary/aromatic N) is 5. The van der Waals surface area contributed by atoms with Gasteiger partial charge in [0.15, 0.2) is 11.4 Å². The van der Waals surface area contributed by atoms with Crippen molar-refractivity contribution in [3.05, 3.63) is 78.3 Å². The lowest BCUT2D eigenvalue weighted by molar-refractivity contribution is 0.122. The highest BCUT2D eigenvalue weighted by molar-refractivity contribution is 5.89. The third kappa shape index (κ3) is 3.83. The number of aromatic nitrogens is 3. The van der Waals surface area contributed by atoms with Gasteiger partial charge in [0.2, 0.25) is 5.95 Å². The third-order valence-corrected chi connectivity index (χ3v) is 5.92. The van der Waals surface area contributed by atoms with E-state index < -0.39 is 0 Å². The molecule has 3 aromatic heterocycles. The van der Waals surface area contributed by atoms with E-state index in [9.17, 15) is 0 Å². The molecule has 0 amide bonds. The summed E-state index contributed by atoms with van der Waals surface area (Å²) in [4.78, 5) is 16.2. The third-order valence-electron chi connectivity index (χ3n) is 5.92. The zero-order valence-corrected chi connectivity index (χ0v) is 18.3. The van der Waals surface area contributed by atoms with Crippen molar-refractivity contribution in [3.8, 4) is 11.3 Å². The first-order valence-corrected chi connectivity index (χ1v) is 11.1. The van der Waals surface area contributed by atoms with E-state index in [0.717, 1.165) is 35.7 Å². The Hall–Kier alpha value is -3.75. The highest BCUT2D eigenvalue weighted by atomic mass is 16.5. The quantitative estimate of drug-likeness (QED) is 0.510. The minimum absolute atomic E-state index is 0.0614. The predicted octanol–water partition coefficient (Wildman–Crippen LogP) is 4.01. The number of aryl methyl sites for hydroxylation is 1. The molecular weight excluding hydrogens is 416 g/mol. The lowest BCUT2D eigenvalue weighted by Gasteiger charge is -2.28. The summed E-state index contributed by atoms with van der Waals surface area (Å²) >= 11 is 0. The van der Waals surface area contributed by atoms with E-state index in [4.69, 9.17) is 19.1 Å². The van der Waals surface area contributed by atoms with Gasteiger partial charge in [-0.05, 0) is 30.7 Å². The van der Waals surface area contributed by atoms with Crippen LogP contribution in [0.1, 0.15) is 17.2 Å². The minimum atomic E-state index is 0.0614. The number of fused-ring (bicyclic) bond motifs is 1. The summed E-state index contributed by atoms with van der Waals surface area (Å²) in [7, 11) is 0. The number of pyridine rings is 1. The zero-order valence-electron chi connectivity index (χ0n) is 18.3. The van der Waals surface area contributed by atoms with Crippen molar-refractivity contribution in [1.29, 1.82) is 0 Å². The molecule has 166 valence electrons. The number of anilines is 2. The van der Waals surface area contributed by atoms with Crippen LogP contribution in [0.3, 0.4) is 0 Å². The van der Waals surface area contributed by atoms with Crippen LogP contribution >= 0.6 is 0 Å². The molecule has 8 nitrogen and oxygen atoms in total. The Kier molecular flexibility index (Phi) is 5.01. The van der Waals surface area contributed by atoms with Crippen molar-refractivity contribution in [2.45, 2.75) is 13.0 Å². The fourth-order valence-corrected chi connectivity index (χ4v) is 4.23. The number of benzene rings is 1. The molecule has 0 aliphatic carbocycles. The Morgan fingerprint density at radius 3 is 2.79 bits per heavy atom. The summed E-state index contributed by atoms with van der Waals surface area (Å²) in [5.41, 5.74) is 8.27. The molecule has 1 atom stereocenters. The summed E-state index contributed by atoms with van der Waals surface area (Å²) < 4.78 is 11.8. The van der Waals surface area contributed by atoms with Crippen LogP contribution in [0.4, 0.5) is 11.8 Å². The largest absolute Gasteiger partial charge is 0.450 e. The first kappa shape index (κ1) is 19.9. The molecule has 0 saturated carbocycles. The first-order valence-electron chi connectivity index (χ1n) is 11.1. The number of ether oxygens (including phenoxy) is 1. The second kappa shape index (κ2) is 8.31. The molecule has 2 aliphatic heterocycles. The van der Waals surface area contributed by atoms with Gasteiger partial charge in [0.1, 0.15) is 11.3 Å². The number of hydrogen-bond donors (Lipinski definition) is 1. The lowest BCUT2D eigenvalue weighted by Crippen LogP contribution is -2.38.